The van der Waals surface area contributed by atoms with Gasteiger partial charge < -0.3 is 4.90 Å². The Labute approximate surface area is 123 Å². The summed E-state index contributed by atoms with van der Waals surface area (Å²) in [5.41, 5.74) is 1.48. The van der Waals surface area contributed by atoms with E-state index in [1.54, 1.807) is 0 Å². The lowest BCUT2D eigenvalue weighted by Crippen LogP contribution is -2.49. The Kier molecular flexibility index (Phi) is 5.10. The molecule has 0 N–H and O–H groups in total. The molecule has 0 aromatic heterocycles. The fourth-order valence-corrected chi connectivity index (χ4v) is 3.77. The van der Waals surface area contributed by atoms with Gasteiger partial charge in [-0.05, 0) is 37.8 Å². The molecular formula is C18H28N2. The highest BCUT2D eigenvalue weighted by molar-refractivity contribution is 5.14. The van der Waals surface area contributed by atoms with Crippen LogP contribution >= 0.6 is 0 Å². The Hall–Kier alpha value is -0.860. The Morgan fingerprint density at radius 3 is 2.30 bits per heavy atom. The lowest BCUT2D eigenvalue weighted by Gasteiger charge is -2.38. The van der Waals surface area contributed by atoms with Gasteiger partial charge in [0.2, 0.25) is 0 Å². The molecule has 2 fully saturated rings. The molecule has 2 heteroatoms. The summed E-state index contributed by atoms with van der Waals surface area (Å²) < 4.78 is 0. The second-order valence-electron chi connectivity index (χ2n) is 6.41. The number of nitrogens with zero attached hydrogens (tertiary/aromatic N) is 2. The van der Waals surface area contributed by atoms with Crippen LogP contribution in [-0.4, -0.2) is 48.6 Å². The average Bonchev–Trinajstić information content (AvgIpc) is 3.03. The molecule has 3 rings (SSSR count). The van der Waals surface area contributed by atoms with Crippen LogP contribution in [0.5, 0.6) is 0 Å². The summed E-state index contributed by atoms with van der Waals surface area (Å²) in [6.45, 7) is 6.44. The average molecular weight is 272 g/mol. The lowest BCUT2D eigenvalue weighted by atomic mass is 10.1. The quantitative estimate of drug-likeness (QED) is 0.812. The van der Waals surface area contributed by atoms with Crippen LogP contribution < -0.4 is 0 Å². The van der Waals surface area contributed by atoms with Gasteiger partial charge in [0, 0.05) is 32.2 Å². The van der Waals surface area contributed by atoms with Gasteiger partial charge in [0.25, 0.3) is 0 Å². The molecule has 0 atom stereocenters. The first kappa shape index (κ1) is 14.1. The van der Waals surface area contributed by atoms with E-state index in [-0.39, 0.29) is 0 Å². The minimum absolute atomic E-state index is 0.918. The van der Waals surface area contributed by atoms with Crippen molar-refractivity contribution in [1.29, 1.82) is 0 Å². The van der Waals surface area contributed by atoms with Gasteiger partial charge in [-0.25, -0.2) is 0 Å². The SMILES string of the molecule is c1ccc(CCCN2CCN(C3CCCC3)CC2)cc1. The molecule has 2 aliphatic rings. The van der Waals surface area contributed by atoms with Gasteiger partial charge in [-0.2, -0.15) is 0 Å². The fraction of sp³-hybridized carbons (Fsp3) is 0.667. The van der Waals surface area contributed by atoms with Crippen LogP contribution in [0.1, 0.15) is 37.7 Å². The van der Waals surface area contributed by atoms with Gasteiger partial charge in [-0.1, -0.05) is 43.2 Å². The standard InChI is InChI=1S/C18H28N2/c1-2-7-17(8-3-1)9-6-12-19-13-15-20(16-14-19)18-10-4-5-11-18/h1-3,7-8,18H,4-6,9-16H2. The second-order valence-corrected chi connectivity index (χ2v) is 6.41. The Morgan fingerprint density at radius 1 is 0.900 bits per heavy atom. The molecule has 1 aliphatic heterocycles. The van der Waals surface area contributed by atoms with Crippen molar-refractivity contribution in [1.82, 2.24) is 9.80 Å². The Balaban J connectivity index is 1.34. The van der Waals surface area contributed by atoms with Crippen LogP contribution in [0.4, 0.5) is 0 Å². The number of piperazine rings is 1. The summed E-state index contributed by atoms with van der Waals surface area (Å²) in [6, 6.07) is 11.8. The van der Waals surface area contributed by atoms with E-state index in [4.69, 9.17) is 0 Å². The predicted molar refractivity (Wildman–Crippen MR) is 85.0 cm³/mol. The molecule has 20 heavy (non-hydrogen) atoms. The molecule has 1 aromatic rings. The first-order chi connectivity index (χ1) is 9.92. The van der Waals surface area contributed by atoms with Crippen molar-refractivity contribution in [2.45, 2.75) is 44.6 Å². The molecule has 1 saturated heterocycles. The molecule has 0 unspecified atom stereocenters. The lowest BCUT2D eigenvalue weighted by molar-refractivity contribution is 0.0973. The van der Waals surface area contributed by atoms with Crippen LogP contribution in [0.3, 0.4) is 0 Å². The Morgan fingerprint density at radius 2 is 1.60 bits per heavy atom. The molecule has 0 amide bonds. The topological polar surface area (TPSA) is 6.48 Å². The molecule has 1 saturated carbocycles. The van der Waals surface area contributed by atoms with Crippen molar-refractivity contribution < 1.29 is 0 Å². The largest absolute Gasteiger partial charge is 0.301 e. The normalized spacial score (nSPS) is 22.4. The molecule has 2 nitrogen and oxygen atoms in total. The molecule has 0 spiro atoms. The summed E-state index contributed by atoms with van der Waals surface area (Å²) in [5, 5.41) is 0. The van der Waals surface area contributed by atoms with Crippen LogP contribution in [-0.2, 0) is 6.42 Å². The van der Waals surface area contributed by atoms with Gasteiger partial charge in [0.1, 0.15) is 0 Å². The van der Waals surface area contributed by atoms with Gasteiger partial charge in [-0.3, -0.25) is 4.90 Å². The number of aryl methyl sites for hydroxylation is 1. The number of benzene rings is 1. The third-order valence-electron chi connectivity index (χ3n) is 5.03. The van der Waals surface area contributed by atoms with E-state index in [9.17, 15) is 0 Å². The van der Waals surface area contributed by atoms with E-state index in [1.165, 1.54) is 76.8 Å². The van der Waals surface area contributed by atoms with Crippen molar-refractivity contribution in [2.24, 2.45) is 0 Å². The maximum absolute atomic E-state index is 2.75. The predicted octanol–water partition coefficient (Wildman–Crippen LogP) is 3.18. The first-order valence-corrected chi connectivity index (χ1v) is 8.42. The smallest absolute Gasteiger partial charge is 0.0113 e. The van der Waals surface area contributed by atoms with Crippen molar-refractivity contribution in [3.8, 4) is 0 Å². The van der Waals surface area contributed by atoms with E-state index >= 15 is 0 Å². The van der Waals surface area contributed by atoms with Gasteiger partial charge >= 0.3 is 0 Å². The van der Waals surface area contributed by atoms with Crippen LogP contribution in [0.15, 0.2) is 30.3 Å². The third-order valence-corrected chi connectivity index (χ3v) is 5.03. The maximum Gasteiger partial charge on any atom is 0.0113 e. The number of hydrogen-bond donors (Lipinski definition) is 0. The summed E-state index contributed by atoms with van der Waals surface area (Å²) in [5.74, 6) is 0. The molecular weight excluding hydrogens is 244 g/mol. The molecule has 0 bridgehead atoms. The van der Waals surface area contributed by atoms with E-state index in [1.807, 2.05) is 0 Å². The number of rotatable bonds is 5. The summed E-state index contributed by atoms with van der Waals surface area (Å²) in [6.07, 6.45) is 8.35. The van der Waals surface area contributed by atoms with Crippen molar-refractivity contribution in [3.05, 3.63) is 35.9 Å². The zero-order valence-corrected chi connectivity index (χ0v) is 12.6. The Bertz CT molecular complexity index is 376. The van der Waals surface area contributed by atoms with Crippen molar-refractivity contribution >= 4 is 0 Å². The minimum atomic E-state index is 0.918. The zero-order chi connectivity index (χ0) is 13.6. The minimum Gasteiger partial charge on any atom is -0.301 e. The van der Waals surface area contributed by atoms with E-state index in [0.29, 0.717) is 0 Å². The monoisotopic (exact) mass is 272 g/mol. The molecule has 1 aromatic carbocycles. The molecule has 1 heterocycles. The van der Waals surface area contributed by atoms with Gasteiger partial charge in [0.05, 0.1) is 0 Å². The van der Waals surface area contributed by atoms with Crippen LogP contribution in [0.2, 0.25) is 0 Å². The van der Waals surface area contributed by atoms with E-state index in [2.05, 4.69) is 40.1 Å². The van der Waals surface area contributed by atoms with Crippen LogP contribution in [0.25, 0.3) is 0 Å². The van der Waals surface area contributed by atoms with Crippen molar-refractivity contribution in [2.75, 3.05) is 32.7 Å². The van der Waals surface area contributed by atoms with Crippen molar-refractivity contribution in [3.63, 3.8) is 0 Å². The fourth-order valence-electron chi connectivity index (χ4n) is 3.77. The zero-order valence-electron chi connectivity index (χ0n) is 12.6. The highest BCUT2D eigenvalue weighted by Gasteiger charge is 2.25. The van der Waals surface area contributed by atoms with Gasteiger partial charge in [-0.15, -0.1) is 0 Å². The van der Waals surface area contributed by atoms with E-state index < -0.39 is 0 Å². The van der Waals surface area contributed by atoms with Crippen LogP contribution in [0, 0.1) is 0 Å². The summed E-state index contributed by atoms with van der Waals surface area (Å²) in [7, 11) is 0. The van der Waals surface area contributed by atoms with Gasteiger partial charge in [0.15, 0.2) is 0 Å². The molecule has 1 aliphatic carbocycles. The maximum atomic E-state index is 2.75. The highest BCUT2D eigenvalue weighted by Crippen LogP contribution is 2.24. The molecule has 110 valence electrons. The highest BCUT2D eigenvalue weighted by atomic mass is 15.3. The first-order valence-electron chi connectivity index (χ1n) is 8.42. The molecule has 0 radical (unpaired) electrons. The second kappa shape index (κ2) is 7.24. The van der Waals surface area contributed by atoms with E-state index in [0.717, 1.165) is 6.04 Å². The number of hydrogen-bond acceptors (Lipinski definition) is 2. The summed E-state index contributed by atoms with van der Waals surface area (Å²) in [4.78, 5) is 5.41. The third kappa shape index (κ3) is 3.83. The summed E-state index contributed by atoms with van der Waals surface area (Å²) >= 11 is 0.